The van der Waals surface area contributed by atoms with Crippen LogP contribution in [0.5, 0.6) is 5.75 Å². The predicted molar refractivity (Wildman–Crippen MR) is 111 cm³/mol. The van der Waals surface area contributed by atoms with Crippen molar-refractivity contribution in [2.24, 2.45) is 11.1 Å². The standard InChI is InChI=1S/C22H24F2N4O3/c1-31-18-16(5-4-14(23)17(18)24)28-11-9-22(7-2-3-8-22)19(28)21(30)27-13-6-10-26-15(12-13)20(25)29/h4-6,10,12,19H,2-3,7-9,11H2,1H3,(H2,25,29)(H,26,27,30)/t19-/m0/s1. The summed E-state index contributed by atoms with van der Waals surface area (Å²) < 4.78 is 33.3. The fourth-order valence-corrected chi connectivity index (χ4v) is 5.02. The van der Waals surface area contributed by atoms with Crippen LogP contribution in [-0.2, 0) is 4.79 Å². The van der Waals surface area contributed by atoms with Gasteiger partial charge in [0.25, 0.3) is 5.91 Å². The van der Waals surface area contributed by atoms with Gasteiger partial charge in [0.2, 0.25) is 11.7 Å². The van der Waals surface area contributed by atoms with Gasteiger partial charge in [0.05, 0.1) is 12.8 Å². The van der Waals surface area contributed by atoms with Gasteiger partial charge in [-0.1, -0.05) is 12.8 Å². The predicted octanol–water partition coefficient (Wildman–Crippen LogP) is 3.25. The third-order valence-corrected chi connectivity index (χ3v) is 6.41. The molecule has 0 bridgehead atoms. The number of nitrogens with two attached hydrogens (primary N) is 1. The number of aromatic nitrogens is 1. The molecule has 1 aliphatic carbocycles. The van der Waals surface area contributed by atoms with E-state index in [0.29, 0.717) is 17.9 Å². The van der Waals surface area contributed by atoms with Gasteiger partial charge in [0.1, 0.15) is 11.7 Å². The highest BCUT2D eigenvalue weighted by atomic mass is 19.2. The first kappa shape index (κ1) is 21.0. The molecule has 2 fully saturated rings. The van der Waals surface area contributed by atoms with Crippen LogP contribution in [0.3, 0.4) is 0 Å². The summed E-state index contributed by atoms with van der Waals surface area (Å²) in [6.07, 6.45) is 5.91. The fourth-order valence-electron chi connectivity index (χ4n) is 5.02. The largest absolute Gasteiger partial charge is 0.491 e. The van der Waals surface area contributed by atoms with Gasteiger partial charge in [-0.2, -0.15) is 4.39 Å². The van der Waals surface area contributed by atoms with Crippen molar-refractivity contribution in [3.63, 3.8) is 0 Å². The maximum Gasteiger partial charge on any atom is 0.267 e. The zero-order chi connectivity index (χ0) is 22.2. The summed E-state index contributed by atoms with van der Waals surface area (Å²) >= 11 is 0. The minimum Gasteiger partial charge on any atom is -0.491 e. The molecular formula is C22H24F2N4O3. The smallest absolute Gasteiger partial charge is 0.267 e. The van der Waals surface area contributed by atoms with Crippen molar-refractivity contribution in [2.45, 2.75) is 38.1 Å². The average molecular weight is 430 g/mol. The number of methoxy groups -OCH3 is 1. The Balaban J connectivity index is 1.71. The van der Waals surface area contributed by atoms with Crippen molar-refractivity contribution in [2.75, 3.05) is 23.9 Å². The second-order valence-corrected chi connectivity index (χ2v) is 8.11. The van der Waals surface area contributed by atoms with Gasteiger partial charge in [-0.25, -0.2) is 4.39 Å². The third-order valence-electron chi connectivity index (χ3n) is 6.41. The zero-order valence-electron chi connectivity index (χ0n) is 17.2. The van der Waals surface area contributed by atoms with Crippen LogP contribution in [0.15, 0.2) is 30.5 Å². The van der Waals surface area contributed by atoms with Crippen LogP contribution in [0, 0.1) is 17.0 Å². The fraction of sp³-hybridized carbons (Fsp3) is 0.409. The van der Waals surface area contributed by atoms with E-state index in [0.717, 1.165) is 38.2 Å². The first-order valence-electron chi connectivity index (χ1n) is 10.2. The van der Waals surface area contributed by atoms with Crippen molar-refractivity contribution < 1.29 is 23.1 Å². The Hall–Kier alpha value is -3.23. The molecule has 1 aliphatic heterocycles. The Morgan fingerprint density at radius 2 is 1.97 bits per heavy atom. The number of rotatable bonds is 5. The SMILES string of the molecule is COc1c(N2CCC3(CCCC3)[C@@H]2C(=O)Nc2ccnc(C(N)=O)c2)ccc(F)c1F. The lowest BCUT2D eigenvalue weighted by molar-refractivity contribution is -0.119. The number of pyridine rings is 1. The summed E-state index contributed by atoms with van der Waals surface area (Å²) in [5, 5.41) is 2.86. The van der Waals surface area contributed by atoms with Crippen molar-refractivity contribution in [1.82, 2.24) is 4.98 Å². The van der Waals surface area contributed by atoms with Crippen LogP contribution < -0.4 is 20.7 Å². The number of carbonyl (C=O) groups excluding carboxylic acids is 2. The Labute approximate surface area is 178 Å². The molecule has 3 N–H and O–H groups in total. The molecule has 1 saturated carbocycles. The van der Waals surface area contributed by atoms with E-state index in [1.807, 2.05) is 0 Å². The van der Waals surface area contributed by atoms with Gasteiger partial charge < -0.3 is 20.7 Å². The van der Waals surface area contributed by atoms with Gasteiger partial charge in [-0.3, -0.25) is 14.6 Å². The summed E-state index contributed by atoms with van der Waals surface area (Å²) in [6.45, 7) is 0.516. The summed E-state index contributed by atoms with van der Waals surface area (Å²) in [5.74, 6) is -3.28. The van der Waals surface area contributed by atoms with Crippen LogP contribution in [0.1, 0.15) is 42.6 Å². The number of benzene rings is 1. The number of halogens is 2. The van der Waals surface area contributed by atoms with E-state index in [4.69, 9.17) is 10.5 Å². The number of amides is 2. The quantitative estimate of drug-likeness (QED) is 0.759. The Bertz CT molecular complexity index is 1020. The molecule has 2 aromatic rings. The highest BCUT2D eigenvalue weighted by Crippen LogP contribution is 2.52. The van der Waals surface area contributed by atoms with Gasteiger partial charge >= 0.3 is 0 Å². The first-order chi connectivity index (χ1) is 14.9. The molecule has 1 atom stereocenters. The zero-order valence-corrected chi connectivity index (χ0v) is 17.2. The number of hydrogen-bond acceptors (Lipinski definition) is 5. The molecular weight excluding hydrogens is 406 g/mol. The van der Waals surface area contributed by atoms with E-state index < -0.39 is 23.6 Å². The molecule has 1 saturated heterocycles. The van der Waals surface area contributed by atoms with Gasteiger partial charge in [0, 0.05) is 23.8 Å². The van der Waals surface area contributed by atoms with Crippen molar-refractivity contribution in [3.05, 3.63) is 47.8 Å². The van der Waals surface area contributed by atoms with E-state index in [1.165, 1.54) is 25.4 Å². The monoisotopic (exact) mass is 430 g/mol. The van der Waals surface area contributed by atoms with Gasteiger partial charge in [-0.05, 0) is 43.5 Å². The minimum absolute atomic E-state index is 0.0407. The summed E-state index contributed by atoms with van der Waals surface area (Å²) in [7, 11) is 1.28. The minimum atomic E-state index is -1.08. The Kier molecular flexibility index (Phi) is 5.51. The molecule has 0 unspecified atom stereocenters. The van der Waals surface area contributed by atoms with Gasteiger partial charge in [0.15, 0.2) is 11.6 Å². The number of nitrogens with zero attached hydrogens (tertiary/aromatic N) is 2. The Morgan fingerprint density at radius 3 is 2.65 bits per heavy atom. The lowest BCUT2D eigenvalue weighted by Crippen LogP contribution is -2.48. The lowest BCUT2D eigenvalue weighted by atomic mass is 9.78. The van der Waals surface area contributed by atoms with Crippen LogP contribution >= 0.6 is 0 Å². The van der Waals surface area contributed by atoms with Crippen molar-refractivity contribution in [3.8, 4) is 5.75 Å². The second-order valence-electron chi connectivity index (χ2n) is 8.11. The van der Waals surface area contributed by atoms with E-state index >= 15 is 0 Å². The molecule has 1 aromatic carbocycles. The molecule has 31 heavy (non-hydrogen) atoms. The maximum absolute atomic E-state index is 14.4. The molecule has 2 amide bonds. The lowest BCUT2D eigenvalue weighted by Gasteiger charge is -2.35. The number of ether oxygens (including phenoxy) is 1. The summed E-state index contributed by atoms with van der Waals surface area (Å²) in [5.41, 5.74) is 5.80. The molecule has 0 radical (unpaired) electrons. The molecule has 164 valence electrons. The van der Waals surface area contributed by atoms with Crippen LogP contribution in [0.4, 0.5) is 20.2 Å². The number of anilines is 2. The highest BCUT2D eigenvalue weighted by Gasteiger charge is 2.53. The summed E-state index contributed by atoms with van der Waals surface area (Å²) in [4.78, 5) is 30.6. The van der Waals surface area contributed by atoms with Crippen LogP contribution in [0.2, 0.25) is 0 Å². The van der Waals surface area contributed by atoms with Crippen molar-refractivity contribution in [1.29, 1.82) is 0 Å². The maximum atomic E-state index is 14.4. The van der Waals surface area contributed by atoms with Gasteiger partial charge in [-0.15, -0.1) is 0 Å². The topological polar surface area (TPSA) is 97.6 Å². The molecule has 2 heterocycles. The van der Waals surface area contributed by atoms with Crippen molar-refractivity contribution >= 4 is 23.2 Å². The normalized spacial score (nSPS) is 19.6. The van der Waals surface area contributed by atoms with E-state index in [9.17, 15) is 18.4 Å². The molecule has 9 heteroatoms. The molecule has 1 aromatic heterocycles. The Morgan fingerprint density at radius 1 is 1.23 bits per heavy atom. The number of primary amides is 1. The third kappa shape index (κ3) is 3.68. The van der Waals surface area contributed by atoms with E-state index in [2.05, 4.69) is 10.3 Å². The molecule has 2 aliphatic rings. The second kappa shape index (κ2) is 8.13. The van der Waals surface area contributed by atoms with Crippen LogP contribution in [-0.4, -0.2) is 36.5 Å². The number of carbonyl (C=O) groups is 2. The molecule has 4 rings (SSSR count). The number of nitrogens with one attached hydrogen (secondary N) is 1. The summed E-state index contributed by atoms with van der Waals surface area (Å²) in [6, 6.07) is 4.88. The van der Waals surface area contributed by atoms with E-state index in [1.54, 1.807) is 11.0 Å². The highest BCUT2D eigenvalue weighted by molar-refractivity contribution is 5.99. The van der Waals surface area contributed by atoms with E-state index in [-0.39, 0.29) is 22.8 Å². The van der Waals surface area contributed by atoms with Crippen LogP contribution in [0.25, 0.3) is 0 Å². The number of hydrogen-bond donors (Lipinski definition) is 2. The molecule has 1 spiro atoms. The first-order valence-corrected chi connectivity index (χ1v) is 10.2. The molecule has 7 nitrogen and oxygen atoms in total. The average Bonchev–Trinajstić information content (AvgIpc) is 3.37.